The molecule has 26 heavy (non-hydrogen) atoms. The SMILES string of the molecule is CC(CCn1ccnc1)(Cc1ccc(Cl)cc1)SCc1ccccc1Cl. The smallest absolute Gasteiger partial charge is 0.0945 e. The van der Waals surface area contributed by atoms with Crippen LogP contribution in [-0.2, 0) is 18.7 Å². The lowest BCUT2D eigenvalue weighted by Gasteiger charge is -2.30. The van der Waals surface area contributed by atoms with Crippen molar-refractivity contribution in [1.82, 2.24) is 9.55 Å². The van der Waals surface area contributed by atoms with Crippen molar-refractivity contribution in [2.45, 2.75) is 36.8 Å². The summed E-state index contributed by atoms with van der Waals surface area (Å²) in [6, 6.07) is 16.2. The molecule has 0 N–H and O–H groups in total. The van der Waals surface area contributed by atoms with Crippen molar-refractivity contribution in [3.05, 3.63) is 88.4 Å². The third kappa shape index (κ3) is 5.54. The number of aromatic nitrogens is 2. The number of hydrogen-bond donors (Lipinski definition) is 0. The maximum absolute atomic E-state index is 6.35. The highest BCUT2D eigenvalue weighted by atomic mass is 35.5. The first-order valence-corrected chi connectivity index (χ1v) is 10.4. The summed E-state index contributed by atoms with van der Waals surface area (Å²) in [6.45, 7) is 3.28. The van der Waals surface area contributed by atoms with Crippen LogP contribution in [0.25, 0.3) is 0 Å². The molecule has 5 heteroatoms. The van der Waals surface area contributed by atoms with E-state index < -0.39 is 0 Å². The minimum atomic E-state index is 0.0806. The highest BCUT2D eigenvalue weighted by Crippen LogP contribution is 2.37. The molecule has 0 aliphatic rings. The summed E-state index contributed by atoms with van der Waals surface area (Å²) in [7, 11) is 0. The molecule has 0 bridgehead atoms. The largest absolute Gasteiger partial charge is 0.337 e. The first-order chi connectivity index (χ1) is 12.5. The van der Waals surface area contributed by atoms with E-state index in [4.69, 9.17) is 23.2 Å². The molecular weight excluding hydrogens is 383 g/mol. The van der Waals surface area contributed by atoms with Crippen molar-refractivity contribution in [2.75, 3.05) is 0 Å². The van der Waals surface area contributed by atoms with Crippen LogP contribution >= 0.6 is 35.0 Å². The number of hydrogen-bond acceptors (Lipinski definition) is 2. The minimum absolute atomic E-state index is 0.0806. The van der Waals surface area contributed by atoms with Crippen molar-refractivity contribution in [3.63, 3.8) is 0 Å². The highest BCUT2D eigenvalue weighted by molar-refractivity contribution is 7.99. The van der Waals surface area contributed by atoms with Crippen LogP contribution in [0.15, 0.2) is 67.3 Å². The number of nitrogens with zero attached hydrogens (tertiary/aromatic N) is 2. The second kappa shape index (κ2) is 8.98. The molecule has 0 aliphatic carbocycles. The van der Waals surface area contributed by atoms with Gasteiger partial charge >= 0.3 is 0 Å². The number of aryl methyl sites for hydroxylation is 1. The molecule has 3 rings (SSSR count). The molecule has 3 aromatic rings. The van der Waals surface area contributed by atoms with Crippen LogP contribution in [0.1, 0.15) is 24.5 Å². The first kappa shape index (κ1) is 19.3. The molecule has 0 saturated heterocycles. The number of halogens is 2. The number of benzene rings is 2. The summed E-state index contributed by atoms with van der Waals surface area (Å²) in [5.74, 6) is 0.897. The van der Waals surface area contributed by atoms with Crippen LogP contribution in [0.5, 0.6) is 0 Å². The second-order valence-corrected chi connectivity index (χ2v) is 9.09. The Labute approximate surface area is 169 Å². The molecule has 0 spiro atoms. The molecule has 0 radical (unpaired) electrons. The average molecular weight is 405 g/mol. The Hall–Kier alpha value is -1.42. The molecule has 0 aliphatic heterocycles. The predicted octanol–water partition coefficient (Wildman–Crippen LogP) is 6.51. The van der Waals surface area contributed by atoms with Crippen molar-refractivity contribution in [3.8, 4) is 0 Å². The van der Waals surface area contributed by atoms with Gasteiger partial charge in [-0.25, -0.2) is 4.98 Å². The topological polar surface area (TPSA) is 17.8 Å². The van der Waals surface area contributed by atoms with Gasteiger partial charge in [0.2, 0.25) is 0 Å². The maximum atomic E-state index is 6.35. The van der Waals surface area contributed by atoms with Gasteiger partial charge in [0.05, 0.1) is 6.33 Å². The molecule has 1 aromatic heterocycles. The lowest BCUT2D eigenvalue weighted by molar-refractivity contribution is 0.518. The van der Waals surface area contributed by atoms with Crippen LogP contribution in [0.2, 0.25) is 10.0 Å². The normalized spacial score (nSPS) is 13.5. The van der Waals surface area contributed by atoms with Gasteiger partial charge in [0.15, 0.2) is 0 Å². The van der Waals surface area contributed by atoms with Crippen molar-refractivity contribution in [1.29, 1.82) is 0 Å². The molecule has 1 unspecified atom stereocenters. The molecular formula is C21H22Cl2N2S. The Morgan fingerprint density at radius 2 is 1.85 bits per heavy atom. The average Bonchev–Trinajstić information content (AvgIpc) is 3.15. The van der Waals surface area contributed by atoms with E-state index >= 15 is 0 Å². The van der Waals surface area contributed by atoms with E-state index in [0.717, 1.165) is 35.2 Å². The summed E-state index contributed by atoms with van der Waals surface area (Å²) in [6.07, 6.45) is 7.74. The summed E-state index contributed by atoms with van der Waals surface area (Å²) in [5.41, 5.74) is 2.48. The van der Waals surface area contributed by atoms with Crippen molar-refractivity contribution >= 4 is 35.0 Å². The summed E-state index contributed by atoms with van der Waals surface area (Å²) < 4.78 is 2.22. The second-order valence-electron chi connectivity index (χ2n) is 6.68. The van der Waals surface area contributed by atoms with Gasteiger partial charge in [0.1, 0.15) is 0 Å². The number of imidazole rings is 1. The van der Waals surface area contributed by atoms with E-state index in [2.05, 4.69) is 34.7 Å². The van der Waals surface area contributed by atoms with E-state index in [9.17, 15) is 0 Å². The van der Waals surface area contributed by atoms with Gasteiger partial charge in [-0.15, -0.1) is 0 Å². The number of thioether (sulfide) groups is 1. The third-order valence-corrected chi connectivity index (χ3v) is 6.60. The van der Waals surface area contributed by atoms with Gasteiger partial charge in [-0.1, -0.05) is 60.5 Å². The van der Waals surface area contributed by atoms with Crippen LogP contribution < -0.4 is 0 Å². The molecule has 2 nitrogen and oxygen atoms in total. The molecule has 1 heterocycles. The monoisotopic (exact) mass is 404 g/mol. The molecule has 136 valence electrons. The Balaban J connectivity index is 1.73. The summed E-state index contributed by atoms with van der Waals surface area (Å²) >= 11 is 14.3. The summed E-state index contributed by atoms with van der Waals surface area (Å²) in [4.78, 5) is 4.15. The van der Waals surface area contributed by atoms with Gasteiger partial charge in [-0.3, -0.25) is 0 Å². The van der Waals surface area contributed by atoms with Gasteiger partial charge in [0.25, 0.3) is 0 Å². The zero-order valence-corrected chi connectivity index (χ0v) is 17.1. The molecule has 0 amide bonds. The van der Waals surface area contributed by atoms with Crippen LogP contribution in [0.3, 0.4) is 0 Å². The van der Waals surface area contributed by atoms with E-state index in [0.29, 0.717) is 0 Å². The molecule has 2 aromatic carbocycles. The van der Waals surface area contributed by atoms with E-state index in [1.807, 2.05) is 60.8 Å². The van der Waals surface area contributed by atoms with Gasteiger partial charge < -0.3 is 4.57 Å². The van der Waals surface area contributed by atoms with Gasteiger partial charge in [-0.2, -0.15) is 11.8 Å². The van der Waals surface area contributed by atoms with E-state index in [1.165, 1.54) is 11.1 Å². The Morgan fingerprint density at radius 1 is 1.08 bits per heavy atom. The number of rotatable bonds is 8. The van der Waals surface area contributed by atoms with Gasteiger partial charge in [-0.05, 0) is 42.2 Å². The predicted molar refractivity (Wildman–Crippen MR) is 113 cm³/mol. The standard InChI is InChI=1S/C21H22Cl2N2S/c1-21(10-12-25-13-11-24-16-25,14-17-6-8-19(22)9-7-17)26-15-18-4-2-3-5-20(18)23/h2-9,11,13,16H,10,12,14-15H2,1H3. The molecule has 0 saturated carbocycles. The fourth-order valence-corrected chi connectivity index (χ4v) is 4.57. The Bertz CT molecular complexity index is 818. The molecule has 0 fully saturated rings. The van der Waals surface area contributed by atoms with Gasteiger partial charge in [0, 0.05) is 39.5 Å². The van der Waals surface area contributed by atoms with Crippen LogP contribution in [0, 0.1) is 0 Å². The van der Waals surface area contributed by atoms with Crippen molar-refractivity contribution < 1.29 is 0 Å². The lowest BCUT2D eigenvalue weighted by Crippen LogP contribution is -2.26. The van der Waals surface area contributed by atoms with E-state index in [1.54, 1.807) is 0 Å². The minimum Gasteiger partial charge on any atom is -0.337 e. The summed E-state index contributed by atoms with van der Waals surface area (Å²) in [5, 5.41) is 1.61. The lowest BCUT2D eigenvalue weighted by atomic mass is 9.97. The van der Waals surface area contributed by atoms with Crippen molar-refractivity contribution in [2.24, 2.45) is 0 Å². The van der Waals surface area contributed by atoms with Crippen LogP contribution in [0.4, 0.5) is 0 Å². The Kier molecular flexibility index (Phi) is 6.68. The van der Waals surface area contributed by atoms with E-state index in [-0.39, 0.29) is 4.75 Å². The van der Waals surface area contributed by atoms with Crippen LogP contribution in [-0.4, -0.2) is 14.3 Å². The Morgan fingerprint density at radius 3 is 2.54 bits per heavy atom. The fraction of sp³-hybridized carbons (Fsp3) is 0.286. The highest BCUT2D eigenvalue weighted by Gasteiger charge is 2.26. The zero-order chi connectivity index (χ0) is 18.4. The molecule has 1 atom stereocenters. The quantitative estimate of drug-likeness (QED) is 0.425. The fourth-order valence-electron chi connectivity index (χ4n) is 2.90. The zero-order valence-electron chi connectivity index (χ0n) is 14.7. The maximum Gasteiger partial charge on any atom is 0.0945 e. The third-order valence-electron chi connectivity index (χ3n) is 4.48. The first-order valence-electron chi connectivity index (χ1n) is 8.62.